The number of aryl methyl sites for hydroxylation is 3. The van der Waals surface area contributed by atoms with Gasteiger partial charge in [-0.3, -0.25) is 9.96 Å². The van der Waals surface area contributed by atoms with Crippen LogP contribution < -0.4 is 4.80 Å². The van der Waals surface area contributed by atoms with Crippen molar-refractivity contribution < 1.29 is 17.7 Å². The molecular formula is C20H26N2O4S2. The van der Waals surface area contributed by atoms with Crippen LogP contribution in [0.4, 0.5) is 0 Å². The molecule has 2 N–H and O–H groups in total. The highest BCUT2D eigenvalue weighted by Gasteiger charge is 2.08. The normalized spacial score (nSPS) is 11.3. The van der Waals surface area contributed by atoms with Crippen molar-refractivity contribution in [2.45, 2.75) is 39.1 Å². The van der Waals surface area contributed by atoms with Gasteiger partial charge in [-0.25, -0.2) is 0 Å². The highest BCUT2D eigenvalue weighted by Crippen LogP contribution is 2.23. The molecule has 0 fully saturated rings. The van der Waals surface area contributed by atoms with Gasteiger partial charge in [0.25, 0.3) is 10.1 Å². The van der Waals surface area contributed by atoms with E-state index in [-0.39, 0.29) is 4.90 Å². The third kappa shape index (κ3) is 5.75. The molecule has 8 heteroatoms. The van der Waals surface area contributed by atoms with Crippen molar-refractivity contribution in [3.05, 3.63) is 57.9 Å². The lowest BCUT2D eigenvalue weighted by molar-refractivity contribution is 0.139. The van der Waals surface area contributed by atoms with Crippen LogP contribution in [-0.4, -0.2) is 30.8 Å². The number of thiazole rings is 1. The molecule has 0 saturated heterocycles. The van der Waals surface area contributed by atoms with E-state index in [4.69, 9.17) is 14.7 Å². The smallest absolute Gasteiger partial charge is 0.294 e. The summed E-state index contributed by atoms with van der Waals surface area (Å²) in [6.07, 6.45) is 0. The minimum atomic E-state index is -4.02. The van der Waals surface area contributed by atoms with Crippen molar-refractivity contribution in [1.82, 2.24) is 4.57 Å². The second-order valence-corrected chi connectivity index (χ2v) is 8.89. The molecule has 0 radical (unpaired) electrons. The van der Waals surface area contributed by atoms with Gasteiger partial charge in [-0.2, -0.15) is 8.42 Å². The quantitative estimate of drug-likeness (QED) is 0.479. The largest absolute Gasteiger partial charge is 0.380 e. The summed E-state index contributed by atoms with van der Waals surface area (Å²) >= 11 is 1.55. The molecule has 6 nitrogen and oxygen atoms in total. The number of aromatic nitrogens is 1. The molecule has 152 valence electrons. The molecule has 0 aliphatic rings. The molecule has 0 atom stereocenters. The van der Waals surface area contributed by atoms with E-state index in [0.29, 0.717) is 11.4 Å². The van der Waals surface area contributed by atoms with E-state index in [1.165, 1.54) is 28.0 Å². The Bertz CT molecular complexity index is 1100. The summed E-state index contributed by atoms with van der Waals surface area (Å²) in [5.74, 6) is 0. The monoisotopic (exact) mass is 422 g/mol. The summed E-state index contributed by atoms with van der Waals surface area (Å²) < 4.78 is 38.2. The Kier molecular flexibility index (Phi) is 7.54. The minimum absolute atomic E-state index is 0.0666. The maximum absolute atomic E-state index is 10.5. The van der Waals surface area contributed by atoms with Crippen molar-refractivity contribution in [2.24, 2.45) is 0 Å². The molecule has 28 heavy (non-hydrogen) atoms. The van der Waals surface area contributed by atoms with Crippen molar-refractivity contribution >= 4 is 31.7 Å². The maximum Gasteiger partial charge on any atom is 0.294 e. The zero-order chi connectivity index (χ0) is 20.9. The van der Waals surface area contributed by atoms with Gasteiger partial charge in [0.1, 0.15) is 0 Å². The van der Waals surface area contributed by atoms with E-state index in [2.05, 4.69) is 26.0 Å². The van der Waals surface area contributed by atoms with Gasteiger partial charge in [-0.1, -0.05) is 35.1 Å². The van der Waals surface area contributed by atoms with Gasteiger partial charge in [0.15, 0.2) is 4.80 Å². The van der Waals surface area contributed by atoms with Crippen molar-refractivity contribution in [2.75, 3.05) is 13.2 Å². The third-order valence-corrected chi connectivity index (χ3v) is 6.13. The van der Waals surface area contributed by atoms with E-state index in [0.717, 1.165) is 24.2 Å². The van der Waals surface area contributed by atoms with Crippen LogP contribution in [-0.2, 0) is 21.4 Å². The van der Waals surface area contributed by atoms with Gasteiger partial charge in [0, 0.05) is 13.2 Å². The number of nitrogens with one attached hydrogen (secondary N) is 1. The fourth-order valence-corrected chi connectivity index (χ4v) is 4.23. The number of benzene rings is 2. The van der Waals surface area contributed by atoms with Crippen molar-refractivity contribution in [3.8, 4) is 0 Å². The van der Waals surface area contributed by atoms with Gasteiger partial charge in [-0.15, -0.1) is 0 Å². The summed E-state index contributed by atoms with van der Waals surface area (Å²) in [6, 6.07) is 10.3. The summed E-state index contributed by atoms with van der Waals surface area (Å²) in [5, 5.41) is 8.03. The van der Waals surface area contributed by atoms with E-state index in [1.807, 2.05) is 18.4 Å². The number of hydrogen-bond donors (Lipinski definition) is 2. The Labute approximate surface area is 169 Å². The summed E-state index contributed by atoms with van der Waals surface area (Å²) in [4.78, 5) is 0.538. The molecule has 1 heterocycles. The molecular weight excluding hydrogens is 396 g/mol. The lowest BCUT2D eigenvalue weighted by atomic mass is 10.1. The Morgan fingerprint density at radius 2 is 1.75 bits per heavy atom. The predicted molar refractivity (Wildman–Crippen MR) is 113 cm³/mol. The zero-order valence-corrected chi connectivity index (χ0v) is 18.2. The van der Waals surface area contributed by atoms with Crippen LogP contribution in [0.5, 0.6) is 0 Å². The fraction of sp³-hybridized carbons (Fsp3) is 0.350. The van der Waals surface area contributed by atoms with E-state index >= 15 is 0 Å². The van der Waals surface area contributed by atoms with Gasteiger partial charge in [0.2, 0.25) is 0 Å². The van der Waals surface area contributed by atoms with Crippen LogP contribution in [0.25, 0.3) is 10.2 Å². The zero-order valence-electron chi connectivity index (χ0n) is 16.5. The summed E-state index contributed by atoms with van der Waals surface area (Å²) in [6.45, 7) is 10.2. The van der Waals surface area contributed by atoms with Crippen LogP contribution >= 0.6 is 11.3 Å². The van der Waals surface area contributed by atoms with Gasteiger partial charge < -0.3 is 9.30 Å². The molecule has 1 aromatic heterocycles. The Hall–Kier alpha value is -2.00. The predicted octanol–water partition coefficient (Wildman–Crippen LogP) is 4.08. The van der Waals surface area contributed by atoms with Gasteiger partial charge in [-0.05, 0) is 57.0 Å². The average Bonchev–Trinajstić information content (AvgIpc) is 2.92. The summed E-state index contributed by atoms with van der Waals surface area (Å²) in [7, 11) is -4.02. The Morgan fingerprint density at radius 3 is 2.32 bits per heavy atom. The number of fused-ring (bicyclic) bond motifs is 1. The third-order valence-electron chi connectivity index (χ3n) is 4.12. The lowest BCUT2D eigenvalue weighted by Crippen LogP contribution is -2.16. The van der Waals surface area contributed by atoms with Crippen LogP contribution in [0.15, 0.2) is 41.3 Å². The van der Waals surface area contributed by atoms with E-state index in [9.17, 15) is 8.42 Å². The second-order valence-electron chi connectivity index (χ2n) is 6.47. The van der Waals surface area contributed by atoms with Gasteiger partial charge >= 0.3 is 0 Å². The van der Waals surface area contributed by atoms with E-state index in [1.54, 1.807) is 23.5 Å². The molecule has 0 bridgehead atoms. The number of rotatable bonds is 5. The standard InChI is InChI=1S/C13H18N2OS.C7H8O3S/c1-4-16-6-5-15-11-8-9(2)7-10(3)12(11)17-13(15)14;1-6-2-4-7(5-3-6)11(8,9)10/h7-8,14H,4-6H2,1-3H3;2-5H,1H3,(H,8,9,10). The second kappa shape index (κ2) is 9.47. The Balaban J connectivity index is 0.000000221. The highest BCUT2D eigenvalue weighted by molar-refractivity contribution is 7.85. The average molecular weight is 423 g/mol. The first-order chi connectivity index (χ1) is 13.1. The number of ether oxygens (including phenoxy) is 1. The van der Waals surface area contributed by atoms with Crippen LogP contribution in [0, 0.1) is 26.2 Å². The highest BCUT2D eigenvalue weighted by atomic mass is 32.2. The lowest BCUT2D eigenvalue weighted by Gasteiger charge is -2.06. The maximum atomic E-state index is 10.5. The number of hydrogen-bond acceptors (Lipinski definition) is 5. The molecule has 0 aliphatic carbocycles. The topological polar surface area (TPSA) is 92.4 Å². The van der Waals surface area contributed by atoms with Crippen LogP contribution in [0.2, 0.25) is 0 Å². The van der Waals surface area contributed by atoms with Crippen LogP contribution in [0.1, 0.15) is 23.6 Å². The molecule has 0 spiro atoms. The van der Waals surface area contributed by atoms with E-state index < -0.39 is 10.1 Å². The fourth-order valence-electron chi connectivity index (χ4n) is 2.76. The summed E-state index contributed by atoms with van der Waals surface area (Å²) in [5.41, 5.74) is 4.63. The first kappa shape index (κ1) is 22.3. The SMILES string of the molecule is CCOCCn1c(=N)sc2c(C)cc(C)cc21.Cc1ccc(S(=O)(=O)O)cc1. The van der Waals surface area contributed by atoms with Gasteiger partial charge in [0.05, 0.1) is 21.7 Å². The molecule has 0 saturated carbocycles. The Morgan fingerprint density at radius 1 is 1.11 bits per heavy atom. The van der Waals surface area contributed by atoms with Crippen molar-refractivity contribution in [3.63, 3.8) is 0 Å². The first-order valence-electron chi connectivity index (χ1n) is 8.90. The number of nitrogens with zero attached hydrogens (tertiary/aromatic N) is 1. The van der Waals surface area contributed by atoms with Crippen molar-refractivity contribution in [1.29, 1.82) is 5.41 Å². The molecule has 0 unspecified atom stereocenters. The van der Waals surface area contributed by atoms with Crippen LogP contribution in [0.3, 0.4) is 0 Å². The molecule has 0 amide bonds. The first-order valence-corrected chi connectivity index (χ1v) is 11.2. The molecule has 2 aromatic carbocycles. The minimum Gasteiger partial charge on any atom is -0.380 e. The molecule has 3 rings (SSSR count). The molecule has 3 aromatic rings. The molecule has 0 aliphatic heterocycles.